The van der Waals surface area contributed by atoms with Crippen LogP contribution in [0, 0.1) is 30.5 Å². The van der Waals surface area contributed by atoms with Crippen LogP contribution in [0.4, 0.5) is 15.8 Å². The summed E-state index contributed by atoms with van der Waals surface area (Å²) in [5, 5.41) is 3.29. The van der Waals surface area contributed by atoms with Gasteiger partial charge < -0.3 is 25.4 Å². The number of aromatic nitrogens is 2. The third-order valence-electron chi connectivity index (χ3n) is 10.6. The zero-order chi connectivity index (χ0) is 30.5. The van der Waals surface area contributed by atoms with E-state index in [4.69, 9.17) is 5.73 Å². The highest BCUT2D eigenvalue weighted by Crippen LogP contribution is 2.51. The summed E-state index contributed by atoms with van der Waals surface area (Å²) in [6.07, 6.45) is 14.6. The number of halogens is 1. The Bertz CT molecular complexity index is 1430. The van der Waals surface area contributed by atoms with Crippen LogP contribution < -0.4 is 16.0 Å². The number of nitrogens with zero attached hydrogens (tertiary/aromatic N) is 5. The second kappa shape index (κ2) is 13.6. The van der Waals surface area contributed by atoms with E-state index in [-0.39, 0.29) is 11.2 Å². The minimum absolute atomic E-state index is 0.0749. The molecule has 6 rings (SSSR count). The van der Waals surface area contributed by atoms with Crippen LogP contribution in [0.3, 0.4) is 0 Å². The second-order valence-corrected chi connectivity index (χ2v) is 13.2. The quantitative estimate of drug-likeness (QED) is 0.257. The Morgan fingerprint density at radius 1 is 1.07 bits per heavy atom. The summed E-state index contributed by atoms with van der Waals surface area (Å²) in [6, 6.07) is 16.1. The number of aliphatic imine (C=N–C) groups is 1. The lowest BCUT2D eigenvalue weighted by Gasteiger charge is -2.50. The van der Waals surface area contributed by atoms with Gasteiger partial charge in [0.2, 0.25) is 0 Å². The number of nitrogens with one attached hydrogen (secondary N) is 1. The Balaban J connectivity index is 1.09. The molecule has 1 atom stereocenters. The van der Waals surface area contributed by atoms with Crippen LogP contribution in [0.5, 0.6) is 0 Å². The van der Waals surface area contributed by atoms with E-state index in [9.17, 15) is 4.39 Å². The summed E-state index contributed by atoms with van der Waals surface area (Å²) in [5.74, 6) is 2.71. The molecular formula is C36H48FN7. The molecule has 7 nitrogen and oxygen atoms in total. The largest absolute Gasteiger partial charge is 0.403 e. The maximum Gasteiger partial charge on any atom is 0.123 e. The number of piperidine rings is 1. The maximum atomic E-state index is 14.8. The van der Waals surface area contributed by atoms with Gasteiger partial charge >= 0.3 is 0 Å². The smallest absolute Gasteiger partial charge is 0.123 e. The minimum Gasteiger partial charge on any atom is -0.403 e. The molecule has 1 aliphatic carbocycles. The molecule has 1 aromatic heterocycles. The standard InChI is InChI=1S/C36H48FN7/c1-27-40-16-19-43(27)26-36(29-6-3-4-7-29,31-8-5-9-32(37)20-31)30-14-17-42(18-15-30)23-28-24-44(25-28)35-12-10-33(11-13-35)41-34(21-38)22-39-2/h5,8-13,16,19-22,28-30,41H,3-4,6-7,14-15,17-18,23-26,38H2,1-2H3. The summed E-state index contributed by atoms with van der Waals surface area (Å²) in [4.78, 5) is 13.7. The predicted octanol–water partition coefficient (Wildman–Crippen LogP) is 6.22. The van der Waals surface area contributed by atoms with Gasteiger partial charge in [0.15, 0.2) is 0 Å². The molecule has 0 radical (unpaired) electrons. The normalized spacial score (nSPS) is 20.7. The fourth-order valence-electron chi connectivity index (χ4n) is 8.30. The first-order valence-corrected chi connectivity index (χ1v) is 16.4. The molecule has 2 saturated heterocycles. The average molecular weight is 598 g/mol. The number of hydrogen-bond acceptors (Lipinski definition) is 6. The summed E-state index contributed by atoms with van der Waals surface area (Å²) in [7, 11) is 1.73. The molecule has 0 bridgehead atoms. The van der Waals surface area contributed by atoms with E-state index in [2.05, 4.69) is 73.1 Å². The Morgan fingerprint density at radius 3 is 2.43 bits per heavy atom. The van der Waals surface area contributed by atoms with Crippen LogP contribution in [0.1, 0.15) is 49.9 Å². The molecule has 3 heterocycles. The van der Waals surface area contributed by atoms with Crippen molar-refractivity contribution in [1.82, 2.24) is 14.5 Å². The molecule has 44 heavy (non-hydrogen) atoms. The van der Waals surface area contributed by atoms with E-state index >= 15 is 0 Å². The van der Waals surface area contributed by atoms with Gasteiger partial charge in [-0.15, -0.1) is 0 Å². The van der Waals surface area contributed by atoms with Crippen LogP contribution in [0.25, 0.3) is 0 Å². The highest BCUT2D eigenvalue weighted by molar-refractivity contribution is 5.83. The van der Waals surface area contributed by atoms with Crippen LogP contribution in [-0.4, -0.2) is 60.4 Å². The van der Waals surface area contributed by atoms with Gasteiger partial charge in [-0.05, 0) is 99.5 Å². The molecular weight excluding hydrogens is 549 g/mol. The first-order chi connectivity index (χ1) is 21.5. The topological polar surface area (TPSA) is 74.7 Å². The van der Waals surface area contributed by atoms with Crippen LogP contribution in [0.15, 0.2) is 77.8 Å². The lowest BCUT2D eigenvalue weighted by molar-refractivity contribution is 0.0640. The number of imidazole rings is 1. The highest BCUT2D eigenvalue weighted by atomic mass is 19.1. The van der Waals surface area contributed by atoms with Crippen molar-refractivity contribution in [3.8, 4) is 0 Å². The Morgan fingerprint density at radius 2 is 1.80 bits per heavy atom. The number of benzene rings is 2. The zero-order valence-electron chi connectivity index (χ0n) is 26.3. The van der Waals surface area contributed by atoms with Crippen LogP contribution in [-0.2, 0) is 12.0 Å². The van der Waals surface area contributed by atoms with E-state index in [1.54, 1.807) is 19.3 Å². The number of allylic oxidation sites excluding steroid dienone is 1. The second-order valence-electron chi connectivity index (χ2n) is 13.2. The SMILES string of the molecule is CN=CC(=CN)Nc1ccc(N2CC(CN3CCC(C(Cn4ccnc4C)(c4cccc(F)c4)C4CCCC4)CC3)C2)cc1. The van der Waals surface area contributed by atoms with E-state index < -0.39 is 0 Å². The van der Waals surface area contributed by atoms with Crippen molar-refractivity contribution in [2.24, 2.45) is 28.5 Å². The number of hydrogen-bond donors (Lipinski definition) is 2. The molecule has 3 fully saturated rings. The zero-order valence-corrected chi connectivity index (χ0v) is 26.3. The van der Waals surface area contributed by atoms with E-state index in [1.807, 2.05) is 18.3 Å². The molecule has 3 N–H and O–H groups in total. The summed E-state index contributed by atoms with van der Waals surface area (Å²) < 4.78 is 17.1. The van der Waals surface area contributed by atoms with E-state index in [0.717, 1.165) is 69.3 Å². The van der Waals surface area contributed by atoms with Crippen LogP contribution in [0.2, 0.25) is 0 Å². The summed E-state index contributed by atoms with van der Waals surface area (Å²) in [6.45, 7) is 8.56. The van der Waals surface area contributed by atoms with E-state index in [1.165, 1.54) is 43.1 Å². The molecule has 3 aromatic rings. The van der Waals surface area contributed by atoms with Gasteiger partial charge in [0.05, 0.1) is 5.70 Å². The van der Waals surface area contributed by atoms with E-state index in [0.29, 0.717) is 17.8 Å². The van der Waals surface area contributed by atoms with Crippen molar-refractivity contribution in [2.75, 3.05) is 50.0 Å². The van der Waals surface area contributed by atoms with Gasteiger partial charge in [0, 0.05) is 80.7 Å². The molecule has 1 unspecified atom stereocenters. The number of aryl methyl sites for hydroxylation is 1. The van der Waals surface area contributed by atoms with Crippen molar-refractivity contribution < 1.29 is 4.39 Å². The lowest BCUT2D eigenvalue weighted by atomic mass is 9.59. The number of likely N-dealkylation sites (tertiary alicyclic amines) is 1. The van der Waals surface area contributed by atoms with Crippen molar-refractivity contribution in [3.63, 3.8) is 0 Å². The van der Waals surface area contributed by atoms with Gasteiger partial charge in [-0.1, -0.05) is 25.0 Å². The first-order valence-electron chi connectivity index (χ1n) is 16.4. The Kier molecular flexibility index (Phi) is 9.36. The van der Waals surface area contributed by atoms with Crippen molar-refractivity contribution in [1.29, 1.82) is 0 Å². The predicted molar refractivity (Wildman–Crippen MR) is 179 cm³/mol. The molecule has 234 valence electrons. The lowest BCUT2D eigenvalue weighted by Crippen LogP contribution is -2.54. The first kappa shape index (κ1) is 30.4. The fraction of sp³-hybridized carbons (Fsp3) is 0.500. The number of rotatable bonds is 11. The van der Waals surface area contributed by atoms with Gasteiger partial charge in [-0.3, -0.25) is 4.99 Å². The number of anilines is 2. The molecule has 1 saturated carbocycles. The van der Waals surface area contributed by atoms with Gasteiger partial charge in [0.25, 0.3) is 0 Å². The summed E-state index contributed by atoms with van der Waals surface area (Å²) >= 11 is 0. The molecule has 8 heteroatoms. The molecule has 3 aliphatic rings. The molecule has 0 amide bonds. The summed E-state index contributed by atoms with van der Waals surface area (Å²) in [5.41, 5.74) is 9.85. The van der Waals surface area contributed by atoms with Crippen molar-refractivity contribution in [2.45, 2.75) is 57.4 Å². The van der Waals surface area contributed by atoms with Gasteiger partial charge in [-0.2, -0.15) is 0 Å². The fourth-order valence-corrected chi connectivity index (χ4v) is 8.30. The molecule has 0 spiro atoms. The molecule has 2 aromatic carbocycles. The highest BCUT2D eigenvalue weighted by Gasteiger charge is 2.49. The third-order valence-corrected chi connectivity index (χ3v) is 10.6. The van der Waals surface area contributed by atoms with Crippen molar-refractivity contribution in [3.05, 3.63) is 90.0 Å². The van der Waals surface area contributed by atoms with Crippen molar-refractivity contribution >= 4 is 17.6 Å². The monoisotopic (exact) mass is 597 g/mol. The third kappa shape index (κ3) is 6.41. The van der Waals surface area contributed by atoms with Crippen LogP contribution >= 0.6 is 0 Å². The number of nitrogens with two attached hydrogens (primary N) is 1. The molecule has 2 aliphatic heterocycles. The average Bonchev–Trinajstić information content (AvgIpc) is 3.70. The Hall–Kier alpha value is -3.65. The van der Waals surface area contributed by atoms with Gasteiger partial charge in [-0.25, -0.2) is 9.37 Å². The Labute approximate surface area is 262 Å². The van der Waals surface area contributed by atoms with Gasteiger partial charge in [0.1, 0.15) is 11.6 Å². The minimum atomic E-state index is -0.117. The maximum absolute atomic E-state index is 14.8.